The van der Waals surface area contributed by atoms with Crippen molar-refractivity contribution in [2.45, 2.75) is 51.1 Å². The summed E-state index contributed by atoms with van der Waals surface area (Å²) >= 11 is 12.5. The van der Waals surface area contributed by atoms with Crippen molar-refractivity contribution >= 4 is 50.7 Å². The molecule has 3 aromatic carbocycles. The molecule has 0 spiro atoms. The molecule has 0 radical (unpaired) electrons. The van der Waals surface area contributed by atoms with Crippen molar-refractivity contribution in [2.24, 2.45) is 0 Å². The van der Waals surface area contributed by atoms with Gasteiger partial charge in [-0.15, -0.1) is 0 Å². The molecule has 7 nitrogen and oxygen atoms in total. The van der Waals surface area contributed by atoms with Gasteiger partial charge < -0.3 is 10.2 Å². The van der Waals surface area contributed by atoms with Crippen molar-refractivity contribution in [3.63, 3.8) is 0 Å². The van der Waals surface area contributed by atoms with Crippen molar-refractivity contribution < 1.29 is 18.0 Å². The van der Waals surface area contributed by atoms with E-state index >= 15 is 0 Å². The lowest BCUT2D eigenvalue weighted by molar-refractivity contribution is -0.140. The number of benzene rings is 3. The topological polar surface area (TPSA) is 86.8 Å². The van der Waals surface area contributed by atoms with Crippen molar-refractivity contribution in [2.75, 3.05) is 17.4 Å². The van der Waals surface area contributed by atoms with Gasteiger partial charge in [-0.25, -0.2) is 8.42 Å². The molecule has 39 heavy (non-hydrogen) atoms. The summed E-state index contributed by atoms with van der Waals surface area (Å²) < 4.78 is 28.6. The Kier molecular flexibility index (Phi) is 10.8. The Morgan fingerprint density at radius 2 is 1.62 bits per heavy atom. The molecule has 0 bridgehead atoms. The van der Waals surface area contributed by atoms with Gasteiger partial charge in [0.25, 0.3) is 10.0 Å². The molecule has 0 aliphatic heterocycles. The second-order valence-corrected chi connectivity index (χ2v) is 11.8. The molecule has 1 unspecified atom stereocenters. The third kappa shape index (κ3) is 7.75. The fourth-order valence-corrected chi connectivity index (χ4v) is 5.98. The van der Waals surface area contributed by atoms with E-state index in [9.17, 15) is 18.0 Å². The normalized spacial score (nSPS) is 12.0. The van der Waals surface area contributed by atoms with E-state index in [4.69, 9.17) is 23.2 Å². The number of carbonyl (C=O) groups excluding carboxylic acids is 2. The van der Waals surface area contributed by atoms with Crippen molar-refractivity contribution in [1.82, 2.24) is 10.2 Å². The van der Waals surface area contributed by atoms with Crippen LogP contribution < -0.4 is 9.62 Å². The molecule has 0 fully saturated rings. The van der Waals surface area contributed by atoms with Crippen molar-refractivity contribution in [3.8, 4) is 0 Å². The third-order valence-corrected chi connectivity index (χ3v) is 8.60. The molecule has 0 saturated carbocycles. The average Bonchev–Trinajstić information content (AvgIpc) is 2.92. The van der Waals surface area contributed by atoms with Gasteiger partial charge in [0, 0.05) is 23.1 Å². The Hall–Kier alpha value is -3.07. The van der Waals surface area contributed by atoms with Crippen LogP contribution in [0, 0.1) is 6.92 Å². The minimum absolute atomic E-state index is 0.00000958. The number of carbonyl (C=O) groups is 2. The summed E-state index contributed by atoms with van der Waals surface area (Å²) in [5.41, 5.74) is 1.87. The van der Waals surface area contributed by atoms with Crippen LogP contribution in [0.4, 0.5) is 5.69 Å². The van der Waals surface area contributed by atoms with Gasteiger partial charge in [0.05, 0.1) is 10.6 Å². The van der Waals surface area contributed by atoms with Gasteiger partial charge in [0.15, 0.2) is 0 Å². The molecule has 0 saturated heterocycles. The van der Waals surface area contributed by atoms with Crippen LogP contribution in [0.25, 0.3) is 0 Å². The lowest BCUT2D eigenvalue weighted by atomic mass is 10.1. The predicted octanol–water partition coefficient (Wildman–Crippen LogP) is 5.83. The molecule has 1 N–H and O–H groups in total. The summed E-state index contributed by atoms with van der Waals surface area (Å²) in [6.07, 6.45) is 1.05. The van der Waals surface area contributed by atoms with Gasteiger partial charge in [-0.3, -0.25) is 13.9 Å². The highest BCUT2D eigenvalue weighted by molar-refractivity contribution is 7.92. The Labute approximate surface area is 240 Å². The van der Waals surface area contributed by atoms with Crippen LogP contribution in [-0.4, -0.2) is 44.3 Å². The number of nitrogens with one attached hydrogen (secondary N) is 1. The fourth-order valence-electron chi connectivity index (χ4n) is 4.08. The van der Waals surface area contributed by atoms with Crippen LogP contribution in [0.15, 0.2) is 77.7 Å². The van der Waals surface area contributed by atoms with Gasteiger partial charge in [-0.05, 0) is 61.7 Å². The zero-order chi connectivity index (χ0) is 28.6. The largest absolute Gasteiger partial charge is 0.354 e. The SMILES string of the molecule is CCCNC(=O)C(CC)N(Cc1ccc(Cl)cc1Cl)C(=O)CN(c1ccc(C)cc1)S(=O)(=O)c1ccccc1. The second-order valence-electron chi connectivity index (χ2n) is 9.13. The first-order chi connectivity index (χ1) is 18.6. The molecular formula is C29H33Cl2N3O4S. The Bertz CT molecular complexity index is 1380. The Morgan fingerprint density at radius 3 is 2.21 bits per heavy atom. The zero-order valence-electron chi connectivity index (χ0n) is 22.2. The summed E-state index contributed by atoms with van der Waals surface area (Å²) in [4.78, 5) is 28.6. The van der Waals surface area contributed by atoms with Crippen molar-refractivity contribution in [1.29, 1.82) is 0 Å². The van der Waals surface area contributed by atoms with Crippen LogP contribution in [0.5, 0.6) is 0 Å². The monoisotopic (exact) mass is 589 g/mol. The van der Waals surface area contributed by atoms with Crippen LogP contribution in [0.2, 0.25) is 10.0 Å². The van der Waals surface area contributed by atoms with Gasteiger partial charge in [0.1, 0.15) is 12.6 Å². The molecule has 0 aromatic heterocycles. The number of halogens is 2. The predicted molar refractivity (Wildman–Crippen MR) is 157 cm³/mol. The van der Waals surface area contributed by atoms with E-state index in [1.807, 2.05) is 13.8 Å². The first-order valence-corrected chi connectivity index (χ1v) is 14.9. The highest BCUT2D eigenvalue weighted by Crippen LogP contribution is 2.27. The molecule has 1 atom stereocenters. The fraction of sp³-hybridized carbons (Fsp3) is 0.310. The smallest absolute Gasteiger partial charge is 0.264 e. The van der Waals surface area contributed by atoms with Gasteiger partial charge in [0.2, 0.25) is 11.8 Å². The van der Waals surface area contributed by atoms with E-state index in [2.05, 4.69) is 5.32 Å². The summed E-state index contributed by atoms with van der Waals surface area (Å²) in [6.45, 7) is 5.58. The first kappa shape index (κ1) is 30.5. The number of sulfonamides is 1. The third-order valence-electron chi connectivity index (χ3n) is 6.22. The lowest BCUT2D eigenvalue weighted by Crippen LogP contribution is -2.52. The summed E-state index contributed by atoms with van der Waals surface area (Å²) in [5, 5.41) is 3.64. The Morgan fingerprint density at radius 1 is 0.949 bits per heavy atom. The standard InChI is InChI=1S/C29H33Cl2N3O4S/c1-4-17-32-29(36)27(5-2)33(19-22-13-14-23(30)18-26(22)31)28(35)20-34(24-15-11-21(3)12-16-24)39(37,38)25-9-7-6-8-10-25/h6-16,18,27H,4-5,17,19-20H2,1-3H3,(H,32,36). The number of amides is 2. The highest BCUT2D eigenvalue weighted by Gasteiger charge is 2.33. The molecule has 208 valence electrons. The maximum Gasteiger partial charge on any atom is 0.264 e. The molecular weight excluding hydrogens is 557 g/mol. The molecule has 0 aliphatic carbocycles. The molecule has 0 heterocycles. The number of aryl methyl sites for hydroxylation is 1. The second kappa shape index (κ2) is 13.8. The summed E-state index contributed by atoms with van der Waals surface area (Å²) in [5.74, 6) is -0.856. The van der Waals surface area contributed by atoms with Crippen LogP contribution in [-0.2, 0) is 26.2 Å². The molecule has 2 amide bonds. The zero-order valence-corrected chi connectivity index (χ0v) is 24.6. The maximum atomic E-state index is 14.0. The van der Waals surface area contributed by atoms with Crippen LogP contribution in [0.1, 0.15) is 37.8 Å². The van der Waals surface area contributed by atoms with Gasteiger partial charge >= 0.3 is 0 Å². The number of rotatable bonds is 12. The minimum Gasteiger partial charge on any atom is -0.354 e. The van der Waals surface area contributed by atoms with E-state index in [1.165, 1.54) is 17.0 Å². The van der Waals surface area contributed by atoms with E-state index in [1.54, 1.807) is 67.6 Å². The summed E-state index contributed by atoms with van der Waals surface area (Å²) in [7, 11) is -4.11. The quantitative estimate of drug-likeness (QED) is 0.288. The van der Waals surface area contributed by atoms with Crippen LogP contribution >= 0.6 is 23.2 Å². The highest BCUT2D eigenvalue weighted by atomic mass is 35.5. The lowest BCUT2D eigenvalue weighted by Gasteiger charge is -2.33. The number of hydrogen-bond donors (Lipinski definition) is 1. The van der Waals surface area contributed by atoms with Gasteiger partial charge in [-0.1, -0.05) is 79.0 Å². The van der Waals surface area contributed by atoms with E-state index in [-0.39, 0.29) is 17.3 Å². The van der Waals surface area contributed by atoms with Gasteiger partial charge in [-0.2, -0.15) is 0 Å². The van der Waals surface area contributed by atoms with Crippen molar-refractivity contribution in [3.05, 3.63) is 94.0 Å². The molecule has 3 rings (SSSR count). The molecule has 10 heteroatoms. The molecule has 0 aliphatic rings. The Balaban J connectivity index is 2.05. The first-order valence-electron chi connectivity index (χ1n) is 12.7. The molecule has 3 aromatic rings. The number of nitrogens with zero attached hydrogens (tertiary/aromatic N) is 2. The number of anilines is 1. The maximum absolute atomic E-state index is 14.0. The number of hydrogen-bond acceptors (Lipinski definition) is 4. The van der Waals surface area contributed by atoms with E-state index in [0.717, 1.165) is 16.3 Å². The summed E-state index contributed by atoms with van der Waals surface area (Å²) in [6, 6.07) is 18.9. The van der Waals surface area contributed by atoms with Crippen LogP contribution in [0.3, 0.4) is 0 Å². The van der Waals surface area contributed by atoms with E-state index in [0.29, 0.717) is 34.3 Å². The average molecular weight is 591 g/mol. The van der Waals surface area contributed by atoms with E-state index < -0.39 is 28.5 Å². The minimum atomic E-state index is -4.11.